The third-order valence-corrected chi connectivity index (χ3v) is 6.40. The van der Waals surface area contributed by atoms with Gasteiger partial charge in [0.2, 0.25) is 0 Å². The van der Waals surface area contributed by atoms with Crippen LogP contribution >= 0.6 is 0 Å². The molecule has 2 nitrogen and oxygen atoms in total. The van der Waals surface area contributed by atoms with Crippen LogP contribution in [0.2, 0.25) is 0 Å². The minimum absolute atomic E-state index is 0.0236. The van der Waals surface area contributed by atoms with Crippen molar-refractivity contribution in [2.45, 2.75) is 57.4 Å². The summed E-state index contributed by atoms with van der Waals surface area (Å²) in [7, 11) is 0. The first-order chi connectivity index (χ1) is 14.0. The molecule has 0 spiro atoms. The topological polar surface area (TPSA) is 27.0 Å². The Morgan fingerprint density at radius 3 is 2.31 bits per heavy atom. The molecule has 1 aliphatic rings. The van der Waals surface area contributed by atoms with Crippen molar-refractivity contribution >= 4 is 0 Å². The van der Waals surface area contributed by atoms with E-state index in [0.717, 1.165) is 38.8 Å². The number of nitriles is 1. The number of rotatable bonds is 10. The Morgan fingerprint density at radius 2 is 1.76 bits per heavy atom. The Bertz CT molecular complexity index is 821. The highest BCUT2D eigenvalue weighted by molar-refractivity contribution is 5.38. The third-order valence-electron chi connectivity index (χ3n) is 6.40. The lowest BCUT2D eigenvalue weighted by molar-refractivity contribution is 0.198. The van der Waals surface area contributed by atoms with Gasteiger partial charge < -0.3 is 4.90 Å². The van der Waals surface area contributed by atoms with Crippen molar-refractivity contribution in [3.05, 3.63) is 71.3 Å². The summed E-state index contributed by atoms with van der Waals surface area (Å²) in [6.07, 6.45) is 3.91. The molecule has 0 bridgehead atoms. The average Bonchev–Trinajstić information content (AvgIpc) is 3.57. The molecule has 29 heavy (non-hydrogen) atoms. The molecule has 154 valence electrons. The molecule has 2 aromatic rings. The lowest BCUT2D eigenvalue weighted by atomic mass is 9.72. The van der Waals surface area contributed by atoms with Gasteiger partial charge in [0.05, 0.1) is 11.5 Å². The molecular formula is C25H30F2N2. The number of hydrogen-bond acceptors (Lipinski definition) is 2. The van der Waals surface area contributed by atoms with Crippen LogP contribution in [-0.4, -0.2) is 24.0 Å². The highest BCUT2D eigenvalue weighted by atomic mass is 19.1. The maximum absolute atomic E-state index is 14.6. The number of benzene rings is 2. The SMILES string of the molecule is CCN(CCc1ccccc1)C(C)CCC(C#N)(c1c(F)cccc1F)C1CC1. The second-order valence-corrected chi connectivity index (χ2v) is 8.21. The average molecular weight is 397 g/mol. The van der Waals surface area contributed by atoms with Gasteiger partial charge in [0, 0.05) is 18.2 Å². The Balaban J connectivity index is 1.71. The molecule has 4 heteroatoms. The van der Waals surface area contributed by atoms with Crippen LogP contribution in [0.1, 0.15) is 50.7 Å². The van der Waals surface area contributed by atoms with Crippen molar-refractivity contribution in [3.63, 3.8) is 0 Å². The van der Waals surface area contributed by atoms with E-state index in [1.165, 1.54) is 23.8 Å². The maximum Gasteiger partial charge on any atom is 0.130 e. The zero-order chi connectivity index (χ0) is 20.9. The first-order valence-electron chi connectivity index (χ1n) is 10.7. The summed E-state index contributed by atoms with van der Waals surface area (Å²) >= 11 is 0. The van der Waals surface area contributed by atoms with Crippen molar-refractivity contribution < 1.29 is 8.78 Å². The molecule has 2 unspecified atom stereocenters. The second-order valence-electron chi connectivity index (χ2n) is 8.21. The molecular weight excluding hydrogens is 366 g/mol. The molecule has 0 saturated heterocycles. The van der Waals surface area contributed by atoms with E-state index in [0.29, 0.717) is 6.42 Å². The van der Waals surface area contributed by atoms with E-state index in [1.807, 2.05) is 6.07 Å². The van der Waals surface area contributed by atoms with Crippen molar-refractivity contribution in [3.8, 4) is 6.07 Å². The molecule has 1 aliphatic carbocycles. The van der Waals surface area contributed by atoms with E-state index in [4.69, 9.17) is 0 Å². The molecule has 0 N–H and O–H groups in total. The van der Waals surface area contributed by atoms with Gasteiger partial charge in [-0.3, -0.25) is 0 Å². The predicted octanol–water partition coefficient (Wildman–Crippen LogP) is 5.87. The summed E-state index contributed by atoms with van der Waals surface area (Å²) in [6, 6.07) is 16.9. The molecule has 0 amide bonds. The monoisotopic (exact) mass is 396 g/mol. The molecule has 0 aliphatic heterocycles. The molecule has 1 saturated carbocycles. The van der Waals surface area contributed by atoms with Crippen LogP contribution in [0.15, 0.2) is 48.5 Å². The highest BCUT2D eigenvalue weighted by Gasteiger charge is 2.49. The summed E-state index contributed by atoms with van der Waals surface area (Å²) in [4.78, 5) is 2.39. The van der Waals surface area contributed by atoms with Gasteiger partial charge in [-0.05, 0) is 69.2 Å². The highest BCUT2D eigenvalue weighted by Crippen LogP contribution is 2.51. The van der Waals surface area contributed by atoms with Gasteiger partial charge in [0.25, 0.3) is 0 Å². The molecule has 2 atom stereocenters. The second kappa shape index (κ2) is 9.50. The maximum atomic E-state index is 14.6. The first-order valence-corrected chi connectivity index (χ1v) is 10.7. The van der Waals surface area contributed by atoms with E-state index in [9.17, 15) is 14.0 Å². The number of likely N-dealkylation sites (N-methyl/N-ethyl adjacent to an activating group) is 1. The van der Waals surface area contributed by atoms with Gasteiger partial charge in [-0.15, -0.1) is 0 Å². The number of nitrogens with zero attached hydrogens (tertiary/aromatic N) is 2. The smallest absolute Gasteiger partial charge is 0.130 e. The molecule has 2 aromatic carbocycles. The van der Waals surface area contributed by atoms with E-state index in [-0.39, 0.29) is 17.5 Å². The van der Waals surface area contributed by atoms with Crippen LogP contribution in [0.3, 0.4) is 0 Å². The summed E-state index contributed by atoms with van der Waals surface area (Å²) in [5, 5.41) is 10.1. The Labute approximate surface area is 173 Å². The van der Waals surface area contributed by atoms with Crippen LogP contribution in [-0.2, 0) is 11.8 Å². The molecule has 0 aromatic heterocycles. The van der Waals surface area contributed by atoms with Gasteiger partial charge in [-0.1, -0.05) is 43.3 Å². The lowest BCUT2D eigenvalue weighted by Gasteiger charge is -2.33. The lowest BCUT2D eigenvalue weighted by Crippen LogP contribution is -2.37. The Morgan fingerprint density at radius 1 is 1.10 bits per heavy atom. The summed E-state index contributed by atoms with van der Waals surface area (Å²) in [5.74, 6) is -1.14. The van der Waals surface area contributed by atoms with Gasteiger partial charge in [-0.2, -0.15) is 5.26 Å². The van der Waals surface area contributed by atoms with Crippen LogP contribution in [0.25, 0.3) is 0 Å². The van der Waals surface area contributed by atoms with E-state index < -0.39 is 17.0 Å². The zero-order valence-electron chi connectivity index (χ0n) is 17.4. The third kappa shape index (κ3) is 4.85. The van der Waals surface area contributed by atoms with Crippen LogP contribution in [0.4, 0.5) is 8.78 Å². The number of hydrogen-bond donors (Lipinski definition) is 0. The van der Waals surface area contributed by atoms with Crippen molar-refractivity contribution in [1.29, 1.82) is 5.26 Å². The fourth-order valence-corrected chi connectivity index (χ4v) is 4.46. The predicted molar refractivity (Wildman–Crippen MR) is 112 cm³/mol. The van der Waals surface area contributed by atoms with Crippen molar-refractivity contribution in [2.24, 2.45) is 5.92 Å². The molecule has 0 radical (unpaired) electrons. The summed E-state index contributed by atoms with van der Waals surface area (Å²) < 4.78 is 29.2. The van der Waals surface area contributed by atoms with Crippen molar-refractivity contribution in [1.82, 2.24) is 4.90 Å². The Hall–Kier alpha value is -2.25. The van der Waals surface area contributed by atoms with E-state index in [1.54, 1.807) is 0 Å². The van der Waals surface area contributed by atoms with Crippen LogP contribution < -0.4 is 0 Å². The van der Waals surface area contributed by atoms with E-state index >= 15 is 0 Å². The van der Waals surface area contributed by atoms with Crippen LogP contribution in [0, 0.1) is 28.9 Å². The van der Waals surface area contributed by atoms with Crippen LogP contribution in [0.5, 0.6) is 0 Å². The molecule has 0 heterocycles. The fourth-order valence-electron chi connectivity index (χ4n) is 4.46. The van der Waals surface area contributed by atoms with Gasteiger partial charge in [0.1, 0.15) is 11.6 Å². The van der Waals surface area contributed by atoms with Gasteiger partial charge in [-0.25, -0.2) is 8.78 Å². The minimum atomic E-state index is -1.07. The van der Waals surface area contributed by atoms with Gasteiger partial charge >= 0.3 is 0 Å². The molecule has 3 rings (SSSR count). The standard InChI is InChI=1S/C25H30F2N2/c1-3-29(17-15-20-8-5-4-6-9-20)19(2)14-16-25(18-28,21-12-13-21)24-22(26)10-7-11-23(24)27/h4-11,19,21H,3,12-17H2,1-2H3. The Kier molecular flexibility index (Phi) is 7.03. The van der Waals surface area contributed by atoms with Gasteiger partial charge in [0.15, 0.2) is 0 Å². The summed E-state index contributed by atoms with van der Waals surface area (Å²) in [6.45, 7) is 6.13. The number of halogens is 2. The van der Waals surface area contributed by atoms with E-state index in [2.05, 4.69) is 49.1 Å². The first kappa shape index (κ1) is 21.5. The summed E-state index contributed by atoms with van der Waals surface area (Å²) in [5.41, 5.74) is 0.211. The largest absolute Gasteiger partial charge is 0.301 e. The normalized spacial score (nSPS) is 17.0. The van der Waals surface area contributed by atoms with Crippen molar-refractivity contribution in [2.75, 3.05) is 13.1 Å². The minimum Gasteiger partial charge on any atom is -0.301 e. The zero-order valence-corrected chi connectivity index (χ0v) is 17.4. The fraction of sp³-hybridized carbons (Fsp3) is 0.480. The molecule has 1 fully saturated rings. The quantitative estimate of drug-likeness (QED) is 0.502.